The van der Waals surface area contributed by atoms with Crippen LogP contribution in [0.2, 0.25) is 0 Å². The summed E-state index contributed by atoms with van der Waals surface area (Å²) < 4.78 is 12.0. The Bertz CT molecular complexity index is 546. The van der Waals surface area contributed by atoms with Crippen molar-refractivity contribution in [2.24, 2.45) is 0 Å². The van der Waals surface area contributed by atoms with E-state index in [1.807, 2.05) is 18.2 Å². The van der Waals surface area contributed by atoms with Gasteiger partial charge < -0.3 is 14.6 Å². The van der Waals surface area contributed by atoms with Crippen LogP contribution in [0.4, 0.5) is 0 Å². The molecule has 0 saturated heterocycles. The molecule has 0 fully saturated rings. The Morgan fingerprint density at radius 1 is 1.32 bits per heavy atom. The van der Waals surface area contributed by atoms with E-state index in [1.54, 1.807) is 25.6 Å². The first kappa shape index (κ1) is 14.1. The molecular weight excluding hydrogens is 357 g/mol. The highest BCUT2D eigenvalue weighted by Gasteiger charge is 2.11. The number of aliphatic hydroxyl groups excluding tert-OH is 1. The monoisotopic (exact) mass is 371 g/mol. The van der Waals surface area contributed by atoms with Gasteiger partial charge in [-0.05, 0) is 46.4 Å². The number of hydrogen-bond donors (Lipinski definition) is 1. The molecular formula is C14H14INO3. The number of methoxy groups -OCH3 is 1. The summed E-state index contributed by atoms with van der Waals surface area (Å²) in [5.74, 6) is 1.31. The van der Waals surface area contributed by atoms with Crippen LogP contribution < -0.4 is 9.47 Å². The second-order valence-corrected chi connectivity index (χ2v) is 5.08. The largest absolute Gasteiger partial charge is 0.493 e. The Morgan fingerprint density at radius 3 is 2.79 bits per heavy atom. The van der Waals surface area contributed by atoms with E-state index < -0.39 is 0 Å². The fourth-order valence-corrected chi connectivity index (χ4v) is 2.47. The van der Waals surface area contributed by atoms with Crippen LogP contribution in [0.3, 0.4) is 0 Å². The Labute approximate surface area is 125 Å². The maximum Gasteiger partial charge on any atom is 0.174 e. The molecule has 1 N–H and O–H groups in total. The minimum atomic E-state index is -0.0186. The quantitative estimate of drug-likeness (QED) is 0.822. The van der Waals surface area contributed by atoms with E-state index in [4.69, 9.17) is 9.47 Å². The number of hydrogen-bond acceptors (Lipinski definition) is 4. The summed E-state index contributed by atoms with van der Waals surface area (Å²) in [7, 11) is 1.59. The number of aromatic nitrogens is 1. The van der Waals surface area contributed by atoms with E-state index >= 15 is 0 Å². The molecule has 0 atom stereocenters. The lowest BCUT2D eigenvalue weighted by atomic mass is 10.2. The van der Waals surface area contributed by atoms with Crippen molar-refractivity contribution >= 4 is 22.6 Å². The number of halogens is 1. The summed E-state index contributed by atoms with van der Waals surface area (Å²) in [5, 5.41) is 9.17. The van der Waals surface area contributed by atoms with Crippen LogP contribution in [0, 0.1) is 3.57 Å². The summed E-state index contributed by atoms with van der Waals surface area (Å²) >= 11 is 2.17. The lowest BCUT2D eigenvalue weighted by molar-refractivity contribution is 0.272. The second kappa shape index (κ2) is 6.72. The Morgan fingerprint density at radius 2 is 2.16 bits per heavy atom. The third-order valence-electron chi connectivity index (χ3n) is 2.58. The van der Waals surface area contributed by atoms with Crippen LogP contribution in [0.15, 0.2) is 36.7 Å². The lowest BCUT2D eigenvalue weighted by Crippen LogP contribution is -2.01. The van der Waals surface area contributed by atoms with Crippen molar-refractivity contribution in [2.75, 3.05) is 7.11 Å². The zero-order valence-electron chi connectivity index (χ0n) is 10.5. The van der Waals surface area contributed by atoms with Gasteiger partial charge >= 0.3 is 0 Å². The molecule has 1 aromatic heterocycles. The molecule has 2 rings (SSSR count). The third-order valence-corrected chi connectivity index (χ3v) is 3.38. The molecule has 0 spiro atoms. The molecule has 0 unspecified atom stereocenters. The van der Waals surface area contributed by atoms with E-state index in [9.17, 15) is 5.11 Å². The molecule has 1 aromatic carbocycles. The Hall–Kier alpha value is -1.34. The van der Waals surface area contributed by atoms with Crippen LogP contribution in [-0.2, 0) is 13.2 Å². The second-order valence-electron chi connectivity index (χ2n) is 3.92. The molecule has 0 amide bonds. The van der Waals surface area contributed by atoms with E-state index in [1.165, 1.54) is 0 Å². The summed E-state index contributed by atoms with van der Waals surface area (Å²) in [6.07, 6.45) is 3.49. The highest BCUT2D eigenvalue weighted by Crippen LogP contribution is 2.34. The van der Waals surface area contributed by atoms with E-state index in [0.717, 1.165) is 14.7 Å². The third kappa shape index (κ3) is 3.57. The molecule has 0 aliphatic carbocycles. The number of pyridine rings is 1. The van der Waals surface area contributed by atoms with Gasteiger partial charge in [-0.2, -0.15) is 0 Å². The maximum absolute atomic E-state index is 9.17. The molecule has 2 aromatic rings. The average Bonchev–Trinajstić information content (AvgIpc) is 2.46. The molecule has 19 heavy (non-hydrogen) atoms. The van der Waals surface area contributed by atoms with Crippen molar-refractivity contribution in [3.63, 3.8) is 0 Å². The standard InChI is InChI=1S/C14H14INO3/c1-18-13-6-11(8-17)5-12(15)14(13)19-9-10-3-2-4-16-7-10/h2-7,17H,8-9H2,1H3. The number of rotatable bonds is 5. The first-order chi connectivity index (χ1) is 9.24. The highest BCUT2D eigenvalue weighted by atomic mass is 127. The van der Waals surface area contributed by atoms with Crippen LogP contribution in [0.5, 0.6) is 11.5 Å². The molecule has 5 heteroatoms. The van der Waals surface area contributed by atoms with Gasteiger partial charge in [-0.1, -0.05) is 6.07 Å². The molecule has 4 nitrogen and oxygen atoms in total. The van der Waals surface area contributed by atoms with Gasteiger partial charge in [0.25, 0.3) is 0 Å². The summed E-state index contributed by atoms with van der Waals surface area (Å²) in [4.78, 5) is 4.04. The van der Waals surface area contributed by atoms with E-state index in [2.05, 4.69) is 27.6 Å². The minimum absolute atomic E-state index is 0.0186. The molecule has 0 aliphatic rings. The fraction of sp³-hybridized carbons (Fsp3) is 0.214. The average molecular weight is 371 g/mol. The van der Waals surface area contributed by atoms with Gasteiger partial charge in [0.15, 0.2) is 11.5 Å². The zero-order valence-corrected chi connectivity index (χ0v) is 12.6. The van der Waals surface area contributed by atoms with Gasteiger partial charge in [-0.15, -0.1) is 0 Å². The van der Waals surface area contributed by atoms with Crippen molar-refractivity contribution in [3.8, 4) is 11.5 Å². The van der Waals surface area contributed by atoms with Crippen molar-refractivity contribution < 1.29 is 14.6 Å². The SMILES string of the molecule is COc1cc(CO)cc(I)c1OCc1cccnc1. The fourth-order valence-electron chi connectivity index (χ4n) is 1.64. The van der Waals surface area contributed by atoms with E-state index in [0.29, 0.717) is 18.1 Å². The predicted octanol–water partition coefficient (Wildman–Crippen LogP) is 2.77. The van der Waals surface area contributed by atoms with Crippen molar-refractivity contribution in [1.82, 2.24) is 4.98 Å². The van der Waals surface area contributed by atoms with Gasteiger partial charge in [0.2, 0.25) is 0 Å². The minimum Gasteiger partial charge on any atom is -0.493 e. The summed E-state index contributed by atoms with van der Waals surface area (Å²) in [5.41, 5.74) is 1.79. The predicted molar refractivity (Wildman–Crippen MR) is 80.2 cm³/mol. The maximum atomic E-state index is 9.17. The van der Waals surface area contributed by atoms with Crippen LogP contribution >= 0.6 is 22.6 Å². The highest BCUT2D eigenvalue weighted by molar-refractivity contribution is 14.1. The van der Waals surface area contributed by atoms with Gasteiger partial charge in [0.05, 0.1) is 17.3 Å². The topological polar surface area (TPSA) is 51.6 Å². The number of benzene rings is 1. The van der Waals surface area contributed by atoms with Crippen molar-refractivity contribution in [1.29, 1.82) is 0 Å². The summed E-state index contributed by atoms with van der Waals surface area (Å²) in [6, 6.07) is 7.48. The molecule has 0 saturated carbocycles. The van der Waals surface area contributed by atoms with Gasteiger partial charge in [-0.3, -0.25) is 4.98 Å². The van der Waals surface area contributed by atoms with Crippen LogP contribution in [0.1, 0.15) is 11.1 Å². The lowest BCUT2D eigenvalue weighted by Gasteiger charge is -2.13. The molecule has 0 radical (unpaired) electrons. The smallest absolute Gasteiger partial charge is 0.174 e. The molecule has 0 aliphatic heterocycles. The molecule has 0 bridgehead atoms. The zero-order chi connectivity index (χ0) is 13.7. The summed E-state index contributed by atoms with van der Waals surface area (Å²) in [6.45, 7) is 0.411. The normalized spacial score (nSPS) is 10.3. The number of aliphatic hydroxyl groups is 1. The van der Waals surface area contributed by atoms with Crippen LogP contribution in [-0.4, -0.2) is 17.2 Å². The first-order valence-corrected chi connectivity index (χ1v) is 6.81. The van der Waals surface area contributed by atoms with Gasteiger partial charge in [0, 0.05) is 18.0 Å². The number of nitrogens with zero attached hydrogens (tertiary/aromatic N) is 1. The first-order valence-electron chi connectivity index (χ1n) is 5.73. The Kier molecular flexibility index (Phi) is 4.98. The Balaban J connectivity index is 2.20. The van der Waals surface area contributed by atoms with E-state index in [-0.39, 0.29) is 6.61 Å². The van der Waals surface area contributed by atoms with Gasteiger partial charge in [0.1, 0.15) is 6.61 Å². The van der Waals surface area contributed by atoms with Gasteiger partial charge in [-0.25, -0.2) is 0 Å². The van der Waals surface area contributed by atoms with Crippen molar-refractivity contribution in [2.45, 2.75) is 13.2 Å². The van der Waals surface area contributed by atoms with Crippen molar-refractivity contribution in [3.05, 3.63) is 51.4 Å². The molecule has 1 heterocycles. The van der Waals surface area contributed by atoms with Crippen LogP contribution in [0.25, 0.3) is 0 Å². The number of ether oxygens (including phenoxy) is 2. The molecule has 100 valence electrons.